The first-order valence-corrected chi connectivity index (χ1v) is 16.3. The Labute approximate surface area is 229 Å². The van der Waals surface area contributed by atoms with E-state index in [9.17, 15) is 21.9 Å². The van der Waals surface area contributed by atoms with E-state index >= 15 is 0 Å². The second-order valence-corrected chi connectivity index (χ2v) is 14.4. The summed E-state index contributed by atoms with van der Waals surface area (Å²) in [6.45, 7) is 1.58. The van der Waals surface area contributed by atoms with Crippen LogP contribution in [0, 0.1) is 0 Å². The maximum absolute atomic E-state index is 13.3. The topological polar surface area (TPSA) is 122 Å². The SMILES string of the molecule is CS(=O)(=O)c1cccc(OC[C@@H](O)CN[C@@H]2COC3(CCN(S(=O)(=O)c4ccc5ccccc5c4)CC3)C2)c1. The van der Waals surface area contributed by atoms with E-state index in [2.05, 4.69) is 5.32 Å². The number of aliphatic hydroxyl groups excluding tert-OH is 1. The second-order valence-electron chi connectivity index (χ2n) is 10.4. The van der Waals surface area contributed by atoms with Crippen LogP contribution in [-0.4, -0.2) is 83.1 Å². The van der Waals surface area contributed by atoms with Gasteiger partial charge in [-0.1, -0.05) is 36.4 Å². The maximum Gasteiger partial charge on any atom is 0.243 e. The summed E-state index contributed by atoms with van der Waals surface area (Å²) in [6.07, 6.45) is 2.30. The fourth-order valence-corrected chi connectivity index (χ4v) is 7.42. The van der Waals surface area contributed by atoms with E-state index in [1.807, 2.05) is 30.3 Å². The molecular formula is C28H34N2O7S2. The Morgan fingerprint density at radius 3 is 2.49 bits per heavy atom. The molecule has 9 nitrogen and oxygen atoms in total. The van der Waals surface area contributed by atoms with E-state index in [0.29, 0.717) is 49.7 Å². The number of nitrogens with zero attached hydrogens (tertiary/aromatic N) is 1. The van der Waals surface area contributed by atoms with Crippen molar-refractivity contribution in [3.8, 4) is 5.75 Å². The minimum absolute atomic E-state index is 0.0144. The molecular weight excluding hydrogens is 540 g/mol. The lowest BCUT2D eigenvalue weighted by molar-refractivity contribution is -0.0312. The number of rotatable bonds is 9. The van der Waals surface area contributed by atoms with E-state index < -0.39 is 26.0 Å². The Hall–Kier alpha value is -2.54. The molecule has 0 radical (unpaired) electrons. The van der Waals surface area contributed by atoms with Gasteiger partial charge in [0, 0.05) is 31.9 Å². The van der Waals surface area contributed by atoms with Gasteiger partial charge in [-0.3, -0.25) is 0 Å². The average molecular weight is 575 g/mol. The van der Waals surface area contributed by atoms with Gasteiger partial charge in [-0.2, -0.15) is 4.31 Å². The van der Waals surface area contributed by atoms with Crippen molar-refractivity contribution in [1.29, 1.82) is 0 Å². The van der Waals surface area contributed by atoms with Gasteiger partial charge < -0.3 is 19.9 Å². The third kappa shape index (κ3) is 6.45. The number of nitrogens with one attached hydrogen (secondary N) is 1. The van der Waals surface area contributed by atoms with Crippen LogP contribution in [-0.2, 0) is 24.6 Å². The molecule has 0 saturated carbocycles. The molecule has 2 aliphatic rings. The van der Waals surface area contributed by atoms with Crippen molar-refractivity contribution in [2.24, 2.45) is 0 Å². The summed E-state index contributed by atoms with van der Waals surface area (Å²) >= 11 is 0. The predicted molar refractivity (Wildman–Crippen MR) is 148 cm³/mol. The summed E-state index contributed by atoms with van der Waals surface area (Å²) in [5.41, 5.74) is -0.374. The van der Waals surface area contributed by atoms with Crippen LogP contribution >= 0.6 is 0 Å². The largest absolute Gasteiger partial charge is 0.491 e. The van der Waals surface area contributed by atoms with Gasteiger partial charge in [0.15, 0.2) is 9.84 Å². The fourth-order valence-electron chi connectivity index (χ4n) is 5.28. The van der Waals surface area contributed by atoms with E-state index in [4.69, 9.17) is 9.47 Å². The minimum atomic E-state index is -3.59. The van der Waals surface area contributed by atoms with Crippen LogP contribution in [0.15, 0.2) is 76.5 Å². The molecule has 210 valence electrons. The van der Waals surface area contributed by atoms with Crippen molar-refractivity contribution in [1.82, 2.24) is 9.62 Å². The summed E-state index contributed by atoms with van der Waals surface area (Å²) in [5.74, 6) is 0.380. The number of fused-ring (bicyclic) bond motifs is 1. The molecule has 0 bridgehead atoms. The second kappa shape index (κ2) is 11.1. The van der Waals surface area contributed by atoms with Gasteiger partial charge in [-0.05, 0) is 60.4 Å². The molecule has 0 unspecified atom stereocenters. The first kappa shape index (κ1) is 28.0. The zero-order chi connectivity index (χ0) is 27.7. The smallest absolute Gasteiger partial charge is 0.243 e. The lowest BCUT2D eigenvalue weighted by Crippen LogP contribution is -2.47. The highest BCUT2D eigenvalue weighted by Crippen LogP contribution is 2.37. The Morgan fingerprint density at radius 2 is 1.74 bits per heavy atom. The van der Waals surface area contributed by atoms with Crippen molar-refractivity contribution in [3.63, 3.8) is 0 Å². The summed E-state index contributed by atoms with van der Waals surface area (Å²) in [5, 5.41) is 15.6. The van der Waals surface area contributed by atoms with Crippen molar-refractivity contribution < 1.29 is 31.4 Å². The highest BCUT2D eigenvalue weighted by Gasteiger charge is 2.44. The predicted octanol–water partition coefficient (Wildman–Crippen LogP) is 2.59. The third-order valence-electron chi connectivity index (χ3n) is 7.52. The van der Waals surface area contributed by atoms with E-state index in [1.54, 1.807) is 28.6 Å². The van der Waals surface area contributed by atoms with Crippen molar-refractivity contribution in [2.45, 2.75) is 46.8 Å². The molecule has 2 heterocycles. The molecule has 2 N–H and O–H groups in total. The molecule has 0 aromatic heterocycles. The monoisotopic (exact) mass is 574 g/mol. The van der Waals surface area contributed by atoms with Crippen LogP contribution in [0.1, 0.15) is 19.3 Å². The molecule has 0 aliphatic carbocycles. The summed E-state index contributed by atoms with van der Waals surface area (Å²) < 4.78 is 63.4. The fraction of sp³-hybridized carbons (Fsp3) is 0.429. The summed E-state index contributed by atoms with van der Waals surface area (Å²) in [4.78, 5) is 0.473. The molecule has 2 aliphatic heterocycles. The van der Waals surface area contributed by atoms with Gasteiger partial charge in [-0.25, -0.2) is 16.8 Å². The summed E-state index contributed by atoms with van der Waals surface area (Å²) in [7, 11) is -6.93. The van der Waals surface area contributed by atoms with Crippen LogP contribution < -0.4 is 10.1 Å². The van der Waals surface area contributed by atoms with Crippen LogP contribution in [0.5, 0.6) is 5.75 Å². The van der Waals surface area contributed by atoms with Crippen molar-refractivity contribution in [2.75, 3.05) is 39.1 Å². The Kier molecular flexibility index (Phi) is 8.01. The third-order valence-corrected chi connectivity index (χ3v) is 10.5. The first-order valence-electron chi connectivity index (χ1n) is 13.0. The van der Waals surface area contributed by atoms with Gasteiger partial charge in [0.05, 0.1) is 22.0 Å². The van der Waals surface area contributed by atoms with Gasteiger partial charge in [0.25, 0.3) is 0 Å². The number of sulfone groups is 1. The van der Waals surface area contributed by atoms with Gasteiger partial charge >= 0.3 is 0 Å². The van der Waals surface area contributed by atoms with Crippen LogP contribution in [0.2, 0.25) is 0 Å². The van der Waals surface area contributed by atoms with Crippen LogP contribution in [0.4, 0.5) is 0 Å². The first-order chi connectivity index (χ1) is 18.5. The Bertz CT molecular complexity index is 1530. The number of benzene rings is 3. The molecule has 3 aromatic carbocycles. The summed E-state index contributed by atoms with van der Waals surface area (Å²) in [6, 6.07) is 19.2. The van der Waals surface area contributed by atoms with Crippen LogP contribution in [0.3, 0.4) is 0 Å². The maximum atomic E-state index is 13.3. The van der Waals surface area contributed by atoms with Crippen molar-refractivity contribution >= 4 is 30.6 Å². The number of ether oxygens (including phenoxy) is 2. The minimum Gasteiger partial charge on any atom is -0.491 e. The molecule has 0 amide bonds. The zero-order valence-electron chi connectivity index (χ0n) is 21.8. The molecule has 2 fully saturated rings. The molecule has 3 aromatic rings. The van der Waals surface area contributed by atoms with Gasteiger partial charge in [0.1, 0.15) is 18.5 Å². The number of piperidine rings is 1. The molecule has 5 rings (SSSR count). The number of aliphatic hydroxyl groups is 1. The lowest BCUT2D eigenvalue weighted by Gasteiger charge is -2.38. The molecule has 2 saturated heterocycles. The average Bonchev–Trinajstić information content (AvgIpc) is 3.32. The number of hydrogen-bond donors (Lipinski definition) is 2. The molecule has 1 spiro atoms. The van der Waals surface area contributed by atoms with E-state index in [-0.39, 0.29) is 23.1 Å². The Morgan fingerprint density at radius 1 is 1.00 bits per heavy atom. The Balaban J connectivity index is 1.10. The van der Waals surface area contributed by atoms with Crippen LogP contribution in [0.25, 0.3) is 10.8 Å². The normalized spacial score (nSPS) is 20.8. The number of sulfonamides is 1. The van der Waals surface area contributed by atoms with Gasteiger partial charge in [0.2, 0.25) is 10.0 Å². The van der Waals surface area contributed by atoms with Gasteiger partial charge in [-0.15, -0.1) is 0 Å². The lowest BCUT2D eigenvalue weighted by atomic mass is 9.88. The standard InChI is InChI=1S/C28H34N2O7S2/c1-38(32,33)26-8-4-7-25(16-26)36-20-24(31)18-29-23-17-28(37-19-23)11-13-30(14-12-28)39(34,35)27-10-9-21-5-2-3-6-22(21)15-27/h2-10,15-16,23-24,29,31H,11-14,17-20H2,1H3/t23-,24-/m0/s1. The number of hydrogen-bond acceptors (Lipinski definition) is 8. The zero-order valence-corrected chi connectivity index (χ0v) is 23.5. The molecule has 11 heteroatoms. The molecule has 2 atom stereocenters. The quantitative estimate of drug-likeness (QED) is 0.400. The van der Waals surface area contributed by atoms with Crippen molar-refractivity contribution in [3.05, 3.63) is 66.7 Å². The van der Waals surface area contributed by atoms with E-state index in [0.717, 1.165) is 23.4 Å². The van der Waals surface area contributed by atoms with E-state index in [1.165, 1.54) is 12.1 Å². The highest BCUT2D eigenvalue weighted by molar-refractivity contribution is 7.90. The molecule has 39 heavy (non-hydrogen) atoms. The highest BCUT2D eigenvalue weighted by atomic mass is 32.2.